The van der Waals surface area contributed by atoms with Gasteiger partial charge < -0.3 is 5.32 Å². The van der Waals surface area contributed by atoms with Gasteiger partial charge in [-0.25, -0.2) is 4.39 Å². The van der Waals surface area contributed by atoms with Gasteiger partial charge in [-0.2, -0.15) is 0 Å². The molecule has 0 fully saturated rings. The number of nitrogens with one attached hydrogen (secondary N) is 1. The first-order valence-electron chi connectivity index (χ1n) is 5.61. The van der Waals surface area contributed by atoms with E-state index in [0.717, 1.165) is 5.56 Å². The Morgan fingerprint density at radius 1 is 1.05 bits per heavy atom. The lowest BCUT2D eigenvalue weighted by Crippen LogP contribution is -2.05. The van der Waals surface area contributed by atoms with E-state index in [1.54, 1.807) is 25.2 Å². The molecule has 2 aromatic rings. The topological polar surface area (TPSA) is 12.0 Å². The molecule has 19 heavy (non-hydrogen) atoms. The molecule has 0 heterocycles. The molecule has 0 aromatic heterocycles. The number of hydrogen-bond donors (Lipinski definition) is 1. The van der Waals surface area contributed by atoms with Crippen LogP contribution in [0.15, 0.2) is 30.3 Å². The van der Waals surface area contributed by atoms with Gasteiger partial charge in [0.2, 0.25) is 0 Å². The summed E-state index contributed by atoms with van der Waals surface area (Å²) in [7, 11) is 1.80. The van der Waals surface area contributed by atoms with Crippen LogP contribution in [0, 0.1) is 5.82 Å². The highest BCUT2D eigenvalue weighted by molar-refractivity contribution is 6.41. The molecule has 100 valence electrons. The van der Waals surface area contributed by atoms with Crippen molar-refractivity contribution in [2.45, 2.75) is 6.54 Å². The maximum absolute atomic E-state index is 14.1. The predicted molar refractivity (Wildman–Crippen MR) is 79.6 cm³/mol. The van der Waals surface area contributed by atoms with E-state index >= 15 is 0 Å². The van der Waals surface area contributed by atoms with Gasteiger partial charge in [0.1, 0.15) is 5.82 Å². The van der Waals surface area contributed by atoms with E-state index in [0.29, 0.717) is 32.7 Å². The molecule has 0 saturated heterocycles. The van der Waals surface area contributed by atoms with Crippen LogP contribution in [0.2, 0.25) is 15.1 Å². The summed E-state index contributed by atoms with van der Waals surface area (Å²) >= 11 is 18.0. The fourth-order valence-corrected chi connectivity index (χ4v) is 2.90. The molecule has 0 unspecified atom stereocenters. The fourth-order valence-electron chi connectivity index (χ4n) is 1.87. The summed E-state index contributed by atoms with van der Waals surface area (Å²) in [6, 6.07) is 8.06. The van der Waals surface area contributed by atoms with Crippen molar-refractivity contribution < 1.29 is 4.39 Å². The average molecular weight is 319 g/mol. The standard InChI is InChI=1S/C14H11Cl3FN/c1-19-7-8-2-3-10(13(18)4-8)14-11(16)5-9(15)6-12(14)17/h2-6,19H,7H2,1H3. The molecule has 0 aliphatic rings. The quantitative estimate of drug-likeness (QED) is 0.823. The third-order valence-corrected chi connectivity index (χ3v) is 3.51. The largest absolute Gasteiger partial charge is 0.316 e. The van der Waals surface area contributed by atoms with Crippen LogP contribution < -0.4 is 5.32 Å². The van der Waals surface area contributed by atoms with Crippen LogP contribution in [-0.2, 0) is 6.54 Å². The lowest BCUT2D eigenvalue weighted by Gasteiger charge is -2.10. The number of halogens is 4. The Kier molecular flexibility index (Phi) is 4.69. The minimum Gasteiger partial charge on any atom is -0.316 e. The van der Waals surface area contributed by atoms with Crippen molar-refractivity contribution in [3.63, 3.8) is 0 Å². The van der Waals surface area contributed by atoms with Gasteiger partial charge in [-0.15, -0.1) is 0 Å². The summed E-state index contributed by atoms with van der Waals surface area (Å²) in [6.45, 7) is 0.597. The Morgan fingerprint density at radius 3 is 2.21 bits per heavy atom. The molecule has 2 aromatic carbocycles. The minimum atomic E-state index is -0.362. The van der Waals surface area contributed by atoms with Crippen LogP contribution in [0.3, 0.4) is 0 Å². The van der Waals surface area contributed by atoms with Crippen LogP contribution in [0.5, 0.6) is 0 Å². The maximum atomic E-state index is 14.1. The highest BCUT2D eigenvalue weighted by atomic mass is 35.5. The van der Waals surface area contributed by atoms with Crippen LogP contribution in [0.4, 0.5) is 4.39 Å². The van der Waals surface area contributed by atoms with Crippen molar-refractivity contribution in [3.8, 4) is 11.1 Å². The lowest BCUT2D eigenvalue weighted by molar-refractivity contribution is 0.627. The molecule has 0 amide bonds. The van der Waals surface area contributed by atoms with E-state index in [9.17, 15) is 4.39 Å². The second-order valence-corrected chi connectivity index (χ2v) is 5.34. The van der Waals surface area contributed by atoms with Crippen molar-refractivity contribution in [2.24, 2.45) is 0 Å². The molecular weight excluding hydrogens is 308 g/mol. The highest BCUT2D eigenvalue weighted by Gasteiger charge is 2.14. The van der Waals surface area contributed by atoms with Crippen LogP contribution in [-0.4, -0.2) is 7.05 Å². The summed E-state index contributed by atoms with van der Waals surface area (Å²) in [5, 5.41) is 4.05. The van der Waals surface area contributed by atoms with Crippen molar-refractivity contribution in [1.82, 2.24) is 5.32 Å². The molecule has 2 rings (SSSR count). The summed E-state index contributed by atoms with van der Waals surface area (Å²) in [4.78, 5) is 0. The van der Waals surface area contributed by atoms with Crippen molar-refractivity contribution in [3.05, 3.63) is 56.8 Å². The summed E-state index contributed by atoms with van der Waals surface area (Å²) in [6.07, 6.45) is 0. The summed E-state index contributed by atoms with van der Waals surface area (Å²) in [5.74, 6) is -0.362. The third-order valence-electron chi connectivity index (χ3n) is 2.69. The minimum absolute atomic E-state index is 0.331. The van der Waals surface area contributed by atoms with Gasteiger partial charge in [-0.1, -0.05) is 46.9 Å². The van der Waals surface area contributed by atoms with Gasteiger partial charge in [0.15, 0.2) is 0 Å². The molecule has 0 saturated carbocycles. The molecule has 0 atom stereocenters. The Hall–Kier alpha value is -0.800. The zero-order valence-corrected chi connectivity index (χ0v) is 12.4. The summed E-state index contributed by atoms with van der Waals surface area (Å²) in [5.41, 5.74) is 1.68. The van der Waals surface area contributed by atoms with Gasteiger partial charge in [0.05, 0.1) is 10.0 Å². The number of benzene rings is 2. The zero-order valence-electron chi connectivity index (χ0n) is 10.1. The van der Waals surface area contributed by atoms with Crippen LogP contribution >= 0.6 is 34.8 Å². The normalized spacial score (nSPS) is 10.8. The molecule has 5 heteroatoms. The Bertz CT molecular complexity index is 591. The second-order valence-electron chi connectivity index (χ2n) is 4.09. The average Bonchev–Trinajstić information content (AvgIpc) is 2.31. The summed E-state index contributed by atoms with van der Waals surface area (Å²) < 4.78 is 14.1. The molecule has 0 aliphatic carbocycles. The van der Waals surface area contributed by atoms with E-state index < -0.39 is 0 Å². The van der Waals surface area contributed by atoms with Crippen LogP contribution in [0.25, 0.3) is 11.1 Å². The zero-order chi connectivity index (χ0) is 14.0. The Morgan fingerprint density at radius 2 is 1.68 bits per heavy atom. The molecule has 0 spiro atoms. The molecule has 1 nitrogen and oxygen atoms in total. The van der Waals surface area contributed by atoms with E-state index in [1.807, 2.05) is 6.07 Å². The molecular formula is C14H11Cl3FN. The first-order valence-corrected chi connectivity index (χ1v) is 6.74. The predicted octanol–water partition coefficient (Wildman–Crippen LogP) is 5.17. The van der Waals surface area contributed by atoms with Gasteiger partial charge in [-0.3, -0.25) is 0 Å². The van der Waals surface area contributed by atoms with Gasteiger partial charge in [0, 0.05) is 22.7 Å². The SMILES string of the molecule is CNCc1ccc(-c2c(Cl)cc(Cl)cc2Cl)c(F)c1. The van der Waals surface area contributed by atoms with E-state index in [-0.39, 0.29) is 5.82 Å². The first kappa shape index (κ1) is 14.6. The van der Waals surface area contributed by atoms with Crippen LogP contribution in [0.1, 0.15) is 5.56 Å². The lowest BCUT2D eigenvalue weighted by atomic mass is 10.0. The van der Waals surface area contributed by atoms with Gasteiger partial charge in [0.25, 0.3) is 0 Å². The van der Waals surface area contributed by atoms with Gasteiger partial charge in [-0.05, 0) is 30.8 Å². The first-order chi connectivity index (χ1) is 9.02. The van der Waals surface area contributed by atoms with E-state index in [4.69, 9.17) is 34.8 Å². The number of hydrogen-bond acceptors (Lipinski definition) is 1. The Labute approximate surface area is 126 Å². The van der Waals surface area contributed by atoms with Gasteiger partial charge >= 0.3 is 0 Å². The second kappa shape index (κ2) is 6.10. The molecule has 0 radical (unpaired) electrons. The smallest absolute Gasteiger partial charge is 0.131 e. The molecule has 1 N–H and O–H groups in total. The van der Waals surface area contributed by atoms with Crippen molar-refractivity contribution in [1.29, 1.82) is 0 Å². The number of rotatable bonds is 3. The van der Waals surface area contributed by atoms with E-state index in [1.165, 1.54) is 6.07 Å². The van der Waals surface area contributed by atoms with Crippen molar-refractivity contribution >= 4 is 34.8 Å². The maximum Gasteiger partial charge on any atom is 0.131 e. The monoisotopic (exact) mass is 317 g/mol. The molecule has 0 aliphatic heterocycles. The highest BCUT2D eigenvalue weighted by Crippen LogP contribution is 2.38. The third kappa shape index (κ3) is 3.21. The van der Waals surface area contributed by atoms with E-state index in [2.05, 4.69) is 5.32 Å². The molecule has 0 bridgehead atoms. The Balaban J connectivity index is 2.53. The van der Waals surface area contributed by atoms with Crippen molar-refractivity contribution in [2.75, 3.05) is 7.05 Å². The fraction of sp³-hybridized carbons (Fsp3) is 0.143.